The van der Waals surface area contributed by atoms with Gasteiger partial charge in [-0.25, -0.2) is 0 Å². The van der Waals surface area contributed by atoms with Gasteiger partial charge in [0.15, 0.2) is 0 Å². The second-order valence-corrected chi connectivity index (χ2v) is 5.52. The van der Waals surface area contributed by atoms with Gasteiger partial charge in [0, 0.05) is 11.3 Å². The van der Waals surface area contributed by atoms with Crippen LogP contribution >= 0.6 is 11.8 Å². The zero-order valence-electron chi connectivity index (χ0n) is 10.1. The standard InChI is InChI=1S/C13H19NOS/c1-4-8-14-12-9(2)16-13-10(12)6-5-7-11(13)15-3/h5-7,9,12,14H,4,8H2,1-3H3. The van der Waals surface area contributed by atoms with E-state index in [2.05, 4.69) is 31.3 Å². The summed E-state index contributed by atoms with van der Waals surface area (Å²) >= 11 is 1.91. The van der Waals surface area contributed by atoms with E-state index in [4.69, 9.17) is 4.74 Å². The topological polar surface area (TPSA) is 21.3 Å². The van der Waals surface area contributed by atoms with Crippen molar-refractivity contribution in [2.45, 2.75) is 36.5 Å². The minimum absolute atomic E-state index is 0.468. The van der Waals surface area contributed by atoms with Gasteiger partial charge in [0.25, 0.3) is 0 Å². The third kappa shape index (κ3) is 2.06. The van der Waals surface area contributed by atoms with Crippen molar-refractivity contribution in [3.63, 3.8) is 0 Å². The fourth-order valence-corrected chi connectivity index (χ4v) is 3.50. The van der Waals surface area contributed by atoms with E-state index in [1.54, 1.807) is 7.11 Å². The molecule has 2 rings (SSSR count). The van der Waals surface area contributed by atoms with E-state index in [0.717, 1.165) is 12.3 Å². The van der Waals surface area contributed by atoms with Gasteiger partial charge < -0.3 is 10.1 Å². The van der Waals surface area contributed by atoms with Gasteiger partial charge in [-0.3, -0.25) is 0 Å². The lowest BCUT2D eigenvalue weighted by molar-refractivity contribution is 0.403. The van der Waals surface area contributed by atoms with E-state index in [0.29, 0.717) is 11.3 Å². The first-order chi connectivity index (χ1) is 7.77. The van der Waals surface area contributed by atoms with E-state index in [-0.39, 0.29) is 0 Å². The Morgan fingerprint density at radius 1 is 1.44 bits per heavy atom. The van der Waals surface area contributed by atoms with Crippen molar-refractivity contribution in [2.24, 2.45) is 0 Å². The Hall–Kier alpha value is -0.670. The molecule has 3 heteroatoms. The Balaban J connectivity index is 2.27. The van der Waals surface area contributed by atoms with Crippen molar-refractivity contribution in [3.8, 4) is 5.75 Å². The number of ether oxygens (including phenoxy) is 1. The molecule has 2 nitrogen and oxygen atoms in total. The molecule has 0 saturated carbocycles. The average Bonchev–Trinajstić information content (AvgIpc) is 2.62. The fraction of sp³-hybridized carbons (Fsp3) is 0.538. The van der Waals surface area contributed by atoms with Crippen LogP contribution in [-0.2, 0) is 0 Å². The maximum absolute atomic E-state index is 5.41. The second kappa shape index (κ2) is 5.11. The van der Waals surface area contributed by atoms with Crippen molar-refractivity contribution in [2.75, 3.05) is 13.7 Å². The molecule has 0 spiro atoms. The lowest BCUT2D eigenvalue weighted by Crippen LogP contribution is -2.26. The highest BCUT2D eigenvalue weighted by atomic mass is 32.2. The van der Waals surface area contributed by atoms with Crippen molar-refractivity contribution < 1.29 is 4.74 Å². The predicted molar refractivity (Wildman–Crippen MR) is 69.3 cm³/mol. The molecule has 2 unspecified atom stereocenters. The Morgan fingerprint density at radius 3 is 2.94 bits per heavy atom. The van der Waals surface area contributed by atoms with E-state index in [1.165, 1.54) is 16.9 Å². The van der Waals surface area contributed by atoms with Crippen molar-refractivity contribution >= 4 is 11.8 Å². The summed E-state index contributed by atoms with van der Waals surface area (Å²) in [5.41, 5.74) is 1.39. The van der Waals surface area contributed by atoms with Gasteiger partial charge in [-0.15, -0.1) is 11.8 Å². The molecule has 0 amide bonds. The lowest BCUT2D eigenvalue weighted by atomic mass is 10.0. The van der Waals surface area contributed by atoms with Crippen LogP contribution in [0.1, 0.15) is 31.9 Å². The number of nitrogens with one attached hydrogen (secondary N) is 1. The van der Waals surface area contributed by atoms with Gasteiger partial charge >= 0.3 is 0 Å². The van der Waals surface area contributed by atoms with Gasteiger partial charge in [0.2, 0.25) is 0 Å². The van der Waals surface area contributed by atoms with Gasteiger partial charge in [0.05, 0.1) is 12.0 Å². The highest BCUT2D eigenvalue weighted by Crippen LogP contribution is 2.48. The number of fused-ring (bicyclic) bond motifs is 1. The molecule has 1 N–H and O–H groups in total. The van der Waals surface area contributed by atoms with Crippen molar-refractivity contribution in [1.82, 2.24) is 5.32 Å². The highest BCUT2D eigenvalue weighted by Gasteiger charge is 2.31. The zero-order valence-corrected chi connectivity index (χ0v) is 10.9. The summed E-state index contributed by atoms with van der Waals surface area (Å²) in [6.45, 7) is 5.55. The summed E-state index contributed by atoms with van der Waals surface area (Å²) in [5.74, 6) is 1.01. The van der Waals surface area contributed by atoms with Gasteiger partial charge in [-0.05, 0) is 24.6 Å². The zero-order chi connectivity index (χ0) is 11.5. The van der Waals surface area contributed by atoms with E-state index in [9.17, 15) is 0 Å². The highest BCUT2D eigenvalue weighted by molar-refractivity contribution is 8.00. The molecule has 1 heterocycles. The normalized spacial score (nSPS) is 23.2. The predicted octanol–water partition coefficient (Wildman–Crippen LogP) is 3.23. The first kappa shape index (κ1) is 11.8. The number of thioether (sulfide) groups is 1. The molecule has 2 atom stereocenters. The number of rotatable bonds is 4. The Morgan fingerprint density at radius 2 is 2.25 bits per heavy atom. The molecule has 0 bridgehead atoms. The van der Waals surface area contributed by atoms with E-state index >= 15 is 0 Å². The van der Waals surface area contributed by atoms with Crippen LogP contribution in [0.15, 0.2) is 23.1 Å². The maximum atomic E-state index is 5.41. The summed E-state index contributed by atoms with van der Waals surface area (Å²) < 4.78 is 5.41. The summed E-state index contributed by atoms with van der Waals surface area (Å²) in [4.78, 5) is 1.31. The molecule has 0 fully saturated rings. The third-order valence-corrected chi connectivity index (χ3v) is 4.27. The molecule has 1 aromatic carbocycles. The average molecular weight is 237 g/mol. The fourth-order valence-electron chi connectivity index (χ4n) is 2.15. The van der Waals surface area contributed by atoms with Gasteiger partial charge in [-0.2, -0.15) is 0 Å². The molecule has 16 heavy (non-hydrogen) atoms. The summed E-state index contributed by atoms with van der Waals surface area (Å²) in [6, 6.07) is 6.80. The van der Waals surface area contributed by atoms with E-state index in [1.807, 2.05) is 17.8 Å². The quantitative estimate of drug-likeness (QED) is 0.868. The molecule has 0 aromatic heterocycles. The van der Waals surface area contributed by atoms with Crippen LogP contribution in [-0.4, -0.2) is 18.9 Å². The molecule has 0 aliphatic carbocycles. The Labute approximate surface area is 102 Å². The third-order valence-electron chi connectivity index (χ3n) is 2.95. The molecule has 0 saturated heterocycles. The lowest BCUT2D eigenvalue weighted by Gasteiger charge is -2.17. The van der Waals surface area contributed by atoms with Crippen LogP contribution in [0, 0.1) is 0 Å². The molecular weight excluding hydrogens is 218 g/mol. The Kier molecular flexibility index (Phi) is 3.77. The minimum Gasteiger partial charge on any atom is -0.496 e. The summed E-state index contributed by atoms with van der Waals surface area (Å²) in [7, 11) is 1.74. The molecule has 1 aliphatic rings. The van der Waals surface area contributed by atoms with Crippen LogP contribution in [0.5, 0.6) is 5.75 Å². The first-order valence-corrected chi connectivity index (χ1v) is 6.72. The maximum Gasteiger partial charge on any atom is 0.132 e. The smallest absolute Gasteiger partial charge is 0.132 e. The van der Waals surface area contributed by atoms with Gasteiger partial charge in [0.1, 0.15) is 5.75 Å². The first-order valence-electron chi connectivity index (χ1n) is 5.84. The molecule has 88 valence electrons. The number of hydrogen-bond acceptors (Lipinski definition) is 3. The van der Waals surface area contributed by atoms with Gasteiger partial charge in [-0.1, -0.05) is 26.0 Å². The Bertz CT molecular complexity index is 367. The van der Waals surface area contributed by atoms with Crippen LogP contribution in [0.3, 0.4) is 0 Å². The number of hydrogen-bond donors (Lipinski definition) is 1. The second-order valence-electron chi connectivity index (χ2n) is 4.13. The number of methoxy groups -OCH3 is 1. The van der Waals surface area contributed by atoms with Crippen LogP contribution in [0.4, 0.5) is 0 Å². The summed E-state index contributed by atoms with van der Waals surface area (Å²) in [6.07, 6.45) is 1.17. The molecular formula is C13H19NOS. The number of benzene rings is 1. The van der Waals surface area contributed by atoms with Crippen LogP contribution < -0.4 is 10.1 Å². The molecule has 1 aliphatic heterocycles. The molecule has 1 aromatic rings. The monoisotopic (exact) mass is 237 g/mol. The van der Waals surface area contributed by atoms with E-state index < -0.39 is 0 Å². The van der Waals surface area contributed by atoms with Crippen LogP contribution in [0.25, 0.3) is 0 Å². The van der Waals surface area contributed by atoms with Crippen molar-refractivity contribution in [1.29, 1.82) is 0 Å². The largest absolute Gasteiger partial charge is 0.496 e. The SMILES string of the molecule is CCCNC1c2cccc(OC)c2SC1C. The van der Waals surface area contributed by atoms with Crippen molar-refractivity contribution in [3.05, 3.63) is 23.8 Å². The summed E-state index contributed by atoms with van der Waals surface area (Å²) in [5, 5.41) is 4.19. The molecule has 0 radical (unpaired) electrons. The minimum atomic E-state index is 0.468. The van der Waals surface area contributed by atoms with Crippen LogP contribution in [0.2, 0.25) is 0 Å².